The predicted molar refractivity (Wildman–Crippen MR) is 86.1 cm³/mol. The van der Waals surface area contributed by atoms with Gasteiger partial charge in [-0.2, -0.15) is 5.10 Å². The zero-order chi connectivity index (χ0) is 14.8. The van der Waals surface area contributed by atoms with Crippen LogP contribution in [0, 0.1) is 6.92 Å². The molecule has 0 radical (unpaired) electrons. The van der Waals surface area contributed by atoms with Crippen LogP contribution >= 0.6 is 27.3 Å². The number of carbonyl (C=O) groups excluding carboxylic acids is 1. The molecule has 1 aromatic carbocycles. The van der Waals surface area contributed by atoms with Gasteiger partial charge in [-0.25, -0.2) is 9.67 Å². The minimum atomic E-state index is -0.159. The number of hydrogen-bond acceptors (Lipinski definition) is 4. The minimum absolute atomic E-state index is 0.159. The Balaban J connectivity index is 1.93. The van der Waals surface area contributed by atoms with Gasteiger partial charge in [0.15, 0.2) is 0 Å². The summed E-state index contributed by atoms with van der Waals surface area (Å²) in [5.74, 6) is -0.159. The van der Waals surface area contributed by atoms with Crippen molar-refractivity contribution in [3.63, 3.8) is 0 Å². The van der Waals surface area contributed by atoms with E-state index in [0.29, 0.717) is 10.6 Å². The summed E-state index contributed by atoms with van der Waals surface area (Å²) in [6, 6.07) is 7.52. The van der Waals surface area contributed by atoms with Gasteiger partial charge in [0, 0.05) is 6.20 Å². The van der Waals surface area contributed by atoms with E-state index in [1.807, 2.05) is 37.4 Å². The quantitative estimate of drug-likeness (QED) is 0.773. The van der Waals surface area contributed by atoms with E-state index in [-0.39, 0.29) is 5.91 Å². The van der Waals surface area contributed by atoms with Crippen LogP contribution in [0.25, 0.3) is 5.69 Å². The molecule has 106 valence electrons. The van der Waals surface area contributed by atoms with E-state index in [2.05, 4.69) is 31.3 Å². The van der Waals surface area contributed by atoms with E-state index in [4.69, 9.17) is 0 Å². The highest BCUT2D eigenvalue weighted by atomic mass is 79.9. The number of nitrogens with zero attached hydrogens (tertiary/aromatic N) is 3. The maximum absolute atomic E-state index is 12.3. The molecule has 0 aliphatic carbocycles. The molecule has 0 unspecified atom stereocenters. The number of halogens is 1. The standard InChI is InChI=1S/C14H11BrN4OS/c1-9-13(21-8-16-9)14(20)18-11-4-2-3-5-12(11)19-7-10(15)6-17-19/h2-8H,1H3,(H,18,20). The van der Waals surface area contributed by atoms with E-state index >= 15 is 0 Å². The van der Waals surface area contributed by atoms with Gasteiger partial charge in [-0.15, -0.1) is 11.3 Å². The van der Waals surface area contributed by atoms with Gasteiger partial charge < -0.3 is 5.32 Å². The maximum atomic E-state index is 12.3. The van der Waals surface area contributed by atoms with Crippen LogP contribution in [-0.4, -0.2) is 20.7 Å². The lowest BCUT2D eigenvalue weighted by Crippen LogP contribution is -2.13. The molecule has 5 nitrogen and oxygen atoms in total. The average Bonchev–Trinajstić information content (AvgIpc) is 3.08. The number of anilines is 1. The maximum Gasteiger partial charge on any atom is 0.267 e. The Bertz CT molecular complexity index is 796. The highest BCUT2D eigenvalue weighted by molar-refractivity contribution is 9.10. The van der Waals surface area contributed by atoms with Crippen LogP contribution in [0.4, 0.5) is 5.69 Å². The Morgan fingerprint density at radius 1 is 1.38 bits per heavy atom. The summed E-state index contributed by atoms with van der Waals surface area (Å²) in [4.78, 5) is 17.0. The lowest BCUT2D eigenvalue weighted by Gasteiger charge is -2.10. The topological polar surface area (TPSA) is 59.8 Å². The summed E-state index contributed by atoms with van der Waals surface area (Å²) in [6.07, 6.45) is 3.54. The van der Waals surface area contributed by atoms with Gasteiger partial charge >= 0.3 is 0 Å². The summed E-state index contributed by atoms with van der Waals surface area (Å²) in [5, 5.41) is 7.16. The number of nitrogens with one attached hydrogen (secondary N) is 1. The molecule has 1 N–H and O–H groups in total. The fraction of sp³-hybridized carbons (Fsp3) is 0.0714. The zero-order valence-corrected chi connectivity index (χ0v) is 13.5. The first kappa shape index (κ1) is 14.0. The fourth-order valence-corrected chi connectivity index (χ4v) is 2.89. The molecule has 2 aromatic heterocycles. The Morgan fingerprint density at radius 3 is 2.86 bits per heavy atom. The van der Waals surface area contributed by atoms with E-state index in [1.54, 1.807) is 16.4 Å². The molecule has 0 aliphatic heterocycles. The lowest BCUT2D eigenvalue weighted by atomic mass is 10.2. The van der Waals surface area contributed by atoms with Gasteiger partial charge in [0.1, 0.15) is 4.88 Å². The minimum Gasteiger partial charge on any atom is -0.319 e. The van der Waals surface area contributed by atoms with Crippen molar-refractivity contribution < 1.29 is 4.79 Å². The number of carbonyl (C=O) groups is 1. The van der Waals surface area contributed by atoms with Crippen molar-refractivity contribution in [3.05, 3.63) is 57.2 Å². The third-order valence-electron chi connectivity index (χ3n) is 2.90. The van der Waals surface area contributed by atoms with Gasteiger partial charge in [0.05, 0.1) is 33.2 Å². The summed E-state index contributed by atoms with van der Waals surface area (Å²) < 4.78 is 2.58. The van der Waals surface area contributed by atoms with Crippen molar-refractivity contribution in [3.8, 4) is 5.69 Å². The Labute approximate surface area is 133 Å². The van der Waals surface area contributed by atoms with E-state index in [9.17, 15) is 4.79 Å². The number of aryl methyl sites for hydroxylation is 1. The molecule has 21 heavy (non-hydrogen) atoms. The van der Waals surface area contributed by atoms with Gasteiger partial charge in [-0.1, -0.05) is 12.1 Å². The molecule has 3 aromatic rings. The molecule has 0 spiro atoms. The summed E-state index contributed by atoms with van der Waals surface area (Å²) in [5.41, 5.74) is 3.90. The molecule has 0 bridgehead atoms. The van der Waals surface area contributed by atoms with Crippen LogP contribution in [0.2, 0.25) is 0 Å². The lowest BCUT2D eigenvalue weighted by molar-refractivity contribution is 0.103. The van der Waals surface area contributed by atoms with Crippen LogP contribution < -0.4 is 5.32 Å². The SMILES string of the molecule is Cc1ncsc1C(=O)Nc1ccccc1-n1cc(Br)cn1. The molecule has 2 heterocycles. The smallest absolute Gasteiger partial charge is 0.267 e. The molecule has 1 amide bonds. The number of aromatic nitrogens is 3. The Morgan fingerprint density at radius 2 is 2.19 bits per heavy atom. The van der Waals surface area contributed by atoms with Gasteiger partial charge in [-0.05, 0) is 35.0 Å². The van der Waals surface area contributed by atoms with E-state index in [0.717, 1.165) is 15.9 Å². The molecule has 0 saturated carbocycles. The normalized spacial score (nSPS) is 10.6. The van der Waals surface area contributed by atoms with Crippen molar-refractivity contribution in [2.75, 3.05) is 5.32 Å². The second-order valence-corrected chi connectivity index (χ2v) is 6.11. The summed E-state index contributed by atoms with van der Waals surface area (Å²) >= 11 is 4.70. The van der Waals surface area contributed by atoms with Crippen molar-refractivity contribution >= 4 is 38.9 Å². The Hall–Kier alpha value is -1.99. The molecule has 0 fully saturated rings. The number of hydrogen-bond donors (Lipinski definition) is 1. The van der Waals surface area contributed by atoms with Crippen molar-refractivity contribution in [2.45, 2.75) is 6.92 Å². The number of rotatable bonds is 3. The molecular weight excluding hydrogens is 352 g/mol. The first-order valence-electron chi connectivity index (χ1n) is 6.16. The summed E-state index contributed by atoms with van der Waals surface area (Å²) in [6.45, 7) is 1.82. The molecule has 0 saturated heterocycles. The Kier molecular flexibility index (Phi) is 3.85. The van der Waals surface area contributed by atoms with E-state index < -0.39 is 0 Å². The average molecular weight is 363 g/mol. The van der Waals surface area contributed by atoms with Crippen LogP contribution in [0.15, 0.2) is 46.6 Å². The largest absolute Gasteiger partial charge is 0.319 e. The van der Waals surface area contributed by atoms with Gasteiger partial charge in [0.25, 0.3) is 5.91 Å². The van der Waals surface area contributed by atoms with Gasteiger partial charge in [-0.3, -0.25) is 4.79 Å². The number of amides is 1. The summed E-state index contributed by atoms with van der Waals surface area (Å²) in [7, 11) is 0. The molecular formula is C14H11BrN4OS. The first-order chi connectivity index (χ1) is 10.1. The van der Waals surface area contributed by atoms with Crippen molar-refractivity contribution in [1.29, 1.82) is 0 Å². The van der Waals surface area contributed by atoms with Gasteiger partial charge in [0.2, 0.25) is 0 Å². The monoisotopic (exact) mass is 362 g/mol. The van der Waals surface area contributed by atoms with Crippen LogP contribution in [-0.2, 0) is 0 Å². The van der Waals surface area contributed by atoms with Crippen molar-refractivity contribution in [1.82, 2.24) is 14.8 Å². The number of para-hydroxylation sites is 2. The molecule has 3 rings (SSSR count). The number of thiazole rings is 1. The predicted octanol–water partition coefficient (Wildman–Crippen LogP) is 3.65. The van der Waals surface area contributed by atoms with Crippen molar-refractivity contribution in [2.24, 2.45) is 0 Å². The highest BCUT2D eigenvalue weighted by Gasteiger charge is 2.14. The zero-order valence-electron chi connectivity index (χ0n) is 11.1. The fourth-order valence-electron chi connectivity index (χ4n) is 1.91. The van der Waals surface area contributed by atoms with E-state index in [1.165, 1.54) is 11.3 Å². The van der Waals surface area contributed by atoms with Crippen LogP contribution in [0.3, 0.4) is 0 Å². The van der Waals surface area contributed by atoms with Crippen LogP contribution in [0.5, 0.6) is 0 Å². The molecule has 0 aliphatic rings. The number of benzene rings is 1. The molecule has 0 atom stereocenters. The highest BCUT2D eigenvalue weighted by Crippen LogP contribution is 2.23. The second kappa shape index (κ2) is 5.79. The second-order valence-electron chi connectivity index (χ2n) is 4.34. The first-order valence-corrected chi connectivity index (χ1v) is 7.83. The molecule has 7 heteroatoms. The third kappa shape index (κ3) is 2.88. The van der Waals surface area contributed by atoms with Crippen LogP contribution in [0.1, 0.15) is 15.4 Å². The third-order valence-corrected chi connectivity index (χ3v) is 4.24.